The molecule has 0 amide bonds. The molecule has 0 radical (unpaired) electrons. The Kier molecular flexibility index (Phi) is 27.6. The lowest BCUT2D eigenvalue weighted by molar-refractivity contribution is -0.149. The van der Waals surface area contributed by atoms with Gasteiger partial charge in [0.05, 0.1) is 12.5 Å². The summed E-state index contributed by atoms with van der Waals surface area (Å²) < 4.78 is 5.87. The lowest BCUT2D eigenvalue weighted by Crippen LogP contribution is -2.20. The Balaban J connectivity index is 4.14. The van der Waals surface area contributed by atoms with Crippen LogP contribution in [0.2, 0.25) is 0 Å². The maximum Gasteiger partial charge on any atom is 0.308 e. The van der Waals surface area contributed by atoms with Crippen LogP contribution in [0, 0.1) is 11.8 Å². The van der Waals surface area contributed by atoms with E-state index in [-0.39, 0.29) is 11.9 Å². The molecule has 2 atom stereocenters. The molecule has 0 aromatic rings. The van der Waals surface area contributed by atoms with Crippen molar-refractivity contribution in [3.63, 3.8) is 0 Å². The molecule has 0 aromatic heterocycles. The zero-order chi connectivity index (χ0) is 25.8. The molecule has 0 saturated heterocycles. The number of unbranched alkanes of at least 4 members (excludes halogenated alkanes) is 19. The number of esters is 1. The SMILES string of the molecule is CCCCCCCCCCC(CCCCCCCCC)COC(=O)C(C)CCCCCCCCC. The minimum absolute atomic E-state index is 0.0523. The minimum Gasteiger partial charge on any atom is -0.465 e. The van der Waals surface area contributed by atoms with Gasteiger partial charge in [-0.3, -0.25) is 4.79 Å². The van der Waals surface area contributed by atoms with Crippen LogP contribution in [0.15, 0.2) is 0 Å². The summed E-state index contributed by atoms with van der Waals surface area (Å²) in [5.74, 6) is 0.685. The van der Waals surface area contributed by atoms with Crippen molar-refractivity contribution in [2.24, 2.45) is 11.8 Å². The Morgan fingerprint density at radius 3 is 1.17 bits per heavy atom. The molecule has 2 unspecified atom stereocenters. The monoisotopic (exact) mass is 495 g/mol. The molecular weight excluding hydrogens is 428 g/mol. The van der Waals surface area contributed by atoms with Crippen LogP contribution in [0.5, 0.6) is 0 Å². The van der Waals surface area contributed by atoms with E-state index < -0.39 is 0 Å². The zero-order valence-electron chi connectivity index (χ0n) is 24.9. The van der Waals surface area contributed by atoms with Gasteiger partial charge in [-0.2, -0.15) is 0 Å². The van der Waals surface area contributed by atoms with Gasteiger partial charge in [-0.05, 0) is 25.2 Å². The van der Waals surface area contributed by atoms with Crippen molar-refractivity contribution < 1.29 is 9.53 Å². The van der Waals surface area contributed by atoms with E-state index in [1.807, 2.05) is 0 Å². The average molecular weight is 495 g/mol. The molecule has 0 aliphatic carbocycles. The van der Waals surface area contributed by atoms with Crippen LogP contribution in [0.4, 0.5) is 0 Å². The number of hydrogen-bond acceptors (Lipinski definition) is 2. The Hall–Kier alpha value is -0.530. The van der Waals surface area contributed by atoms with Gasteiger partial charge in [0, 0.05) is 0 Å². The Morgan fingerprint density at radius 2 is 0.800 bits per heavy atom. The van der Waals surface area contributed by atoms with Gasteiger partial charge in [0.15, 0.2) is 0 Å². The molecule has 2 heteroatoms. The van der Waals surface area contributed by atoms with Crippen LogP contribution in [0.1, 0.15) is 188 Å². The first-order chi connectivity index (χ1) is 17.2. The summed E-state index contributed by atoms with van der Waals surface area (Å²) in [6.07, 6.45) is 33.1. The standard InChI is InChI=1S/C33H66O2/c1-5-8-11-14-17-20-23-26-29-32(28-25-22-19-16-13-10-7-3)30-35-33(34)31(4)27-24-21-18-15-12-9-6-2/h31-32H,5-30H2,1-4H3. The lowest BCUT2D eigenvalue weighted by atomic mass is 9.94. The van der Waals surface area contributed by atoms with Crippen molar-refractivity contribution in [1.82, 2.24) is 0 Å². The normalized spacial score (nSPS) is 13.1. The molecule has 0 heterocycles. The molecule has 0 aliphatic rings. The van der Waals surface area contributed by atoms with Crippen LogP contribution >= 0.6 is 0 Å². The van der Waals surface area contributed by atoms with E-state index in [4.69, 9.17) is 4.74 Å². The van der Waals surface area contributed by atoms with E-state index in [2.05, 4.69) is 27.7 Å². The highest BCUT2D eigenvalue weighted by Gasteiger charge is 2.17. The van der Waals surface area contributed by atoms with E-state index in [0.29, 0.717) is 12.5 Å². The molecular formula is C33H66O2. The highest BCUT2D eigenvalue weighted by molar-refractivity contribution is 5.71. The van der Waals surface area contributed by atoms with Crippen LogP contribution in [0.3, 0.4) is 0 Å². The summed E-state index contributed by atoms with van der Waals surface area (Å²) in [7, 11) is 0. The maximum atomic E-state index is 12.6. The molecule has 0 aliphatic heterocycles. The molecule has 2 nitrogen and oxygen atoms in total. The molecule has 0 rings (SSSR count). The molecule has 0 spiro atoms. The first-order valence-electron chi connectivity index (χ1n) is 16.3. The van der Waals surface area contributed by atoms with E-state index >= 15 is 0 Å². The molecule has 0 bridgehead atoms. The molecule has 0 aromatic carbocycles. The number of carbonyl (C=O) groups excluding carboxylic acids is 1. The van der Waals surface area contributed by atoms with Crippen molar-refractivity contribution >= 4 is 5.97 Å². The topological polar surface area (TPSA) is 26.3 Å². The molecule has 0 saturated carbocycles. The van der Waals surface area contributed by atoms with Gasteiger partial charge in [-0.1, -0.05) is 169 Å². The predicted octanol–water partition coefficient (Wildman–Crippen LogP) is 11.6. The smallest absolute Gasteiger partial charge is 0.308 e. The van der Waals surface area contributed by atoms with Gasteiger partial charge >= 0.3 is 5.97 Å². The minimum atomic E-state index is 0.0523. The van der Waals surface area contributed by atoms with Crippen LogP contribution < -0.4 is 0 Å². The van der Waals surface area contributed by atoms with Crippen LogP contribution in [-0.4, -0.2) is 12.6 Å². The molecule has 210 valence electrons. The van der Waals surface area contributed by atoms with Crippen molar-refractivity contribution in [3.8, 4) is 0 Å². The first kappa shape index (κ1) is 34.5. The highest BCUT2D eigenvalue weighted by atomic mass is 16.5. The molecule has 0 N–H and O–H groups in total. The second kappa shape index (κ2) is 28.0. The molecule has 35 heavy (non-hydrogen) atoms. The predicted molar refractivity (Wildman–Crippen MR) is 156 cm³/mol. The van der Waals surface area contributed by atoms with Gasteiger partial charge in [0.2, 0.25) is 0 Å². The highest BCUT2D eigenvalue weighted by Crippen LogP contribution is 2.21. The van der Waals surface area contributed by atoms with Gasteiger partial charge in [0.1, 0.15) is 0 Å². The summed E-state index contributed by atoms with van der Waals surface area (Å²) in [6.45, 7) is 9.57. The van der Waals surface area contributed by atoms with E-state index in [1.54, 1.807) is 0 Å². The second-order valence-corrected chi connectivity index (χ2v) is 11.5. The third-order valence-electron chi connectivity index (χ3n) is 7.79. The number of hydrogen-bond donors (Lipinski definition) is 0. The lowest BCUT2D eigenvalue weighted by Gasteiger charge is -2.19. The van der Waals surface area contributed by atoms with Gasteiger partial charge < -0.3 is 4.74 Å². The Morgan fingerprint density at radius 1 is 0.486 bits per heavy atom. The fourth-order valence-corrected chi connectivity index (χ4v) is 5.14. The largest absolute Gasteiger partial charge is 0.465 e. The van der Waals surface area contributed by atoms with Crippen LogP contribution in [-0.2, 0) is 9.53 Å². The number of rotatable bonds is 28. The first-order valence-corrected chi connectivity index (χ1v) is 16.3. The Labute approximate surface area is 222 Å². The fraction of sp³-hybridized carbons (Fsp3) is 0.970. The third kappa shape index (κ3) is 24.9. The van der Waals surface area contributed by atoms with Crippen molar-refractivity contribution in [2.75, 3.05) is 6.61 Å². The summed E-state index contributed by atoms with van der Waals surface area (Å²) in [4.78, 5) is 12.6. The summed E-state index contributed by atoms with van der Waals surface area (Å²) in [5, 5.41) is 0. The maximum absolute atomic E-state index is 12.6. The van der Waals surface area contributed by atoms with Gasteiger partial charge in [-0.25, -0.2) is 0 Å². The summed E-state index contributed by atoms with van der Waals surface area (Å²) in [5.41, 5.74) is 0. The summed E-state index contributed by atoms with van der Waals surface area (Å²) in [6, 6.07) is 0. The second-order valence-electron chi connectivity index (χ2n) is 11.5. The quantitative estimate of drug-likeness (QED) is 0.0798. The zero-order valence-corrected chi connectivity index (χ0v) is 24.9. The third-order valence-corrected chi connectivity index (χ3v) is 7.79. The van der Waals surface area contributed by atoms with E-state index in [0.717, 1.165) is 6.42 Å². The summed E-state index contributed by atoms with van der Waals surface area (Å²) >= 11 is 0. The van der Waals surface area contributed by atoms with Crippen molar-refractivity contribution in [2.45, 2.75) is 188 Å². The van der Waals surface area contributed by atoms with E-state index in [9.17, 15) is 4.79 Å². The van der Waals surface area contributed by atoms with Gasteiger partial charge in [0.25, 0.3) is 0 Å². The number of ether oxygens (including phenoxy) is 1. The van der Waals surface area contributed by atoms with Crippen molar-refractivity contribution in [3.05, 3.63) is 0 Å². The fourth-order valence-electron chi connectivity index (χ4n) is 5.14. The van der Waals surface area contributed by atoms with Gasteiger partial charge in [-0.15, -0.1) is 0 Å². The van der Waals surface area contributed by atoms with Crippen LogP contribution in [0.25, 0.3) is 0 Å². The Bertz CT molecular complexity index is 419. The average Bonchev–Trinajstić information content (AvgIpc) is 2.86. The van der Waals surface area contributed by atoms with Crippen molar-refractivity contribution in [1.29, 1.82) is 0 Å². The number of carbonyl (C=O) groups is 1. The molecule has 0 fully saturated rings. The van der Waals surface area contributed by atoms with E-state index in [1.165, 1.54) is 154 Å².